The molecule has 1 atom stereocenters. The Morgan fingerprint density at radius 3 is 2.76 bits per heavy atom. The molecule has 0 amide bonds. The van der Waals surface area contributed by atoms with Crippen molar-refractivity contribution in [2.75, 3.05) is 13.2 Å². The van der Waals surface area contributed by atoms with E-state index < -0.39 is 0 Å². The molecule has 112 valence electrons. The molecule has 1 aliphatic carbocycles. The second-order valence-electron chi connectivity index (χ2n) is 6.10. The van der Waals surface area contributed by atoms with E-state index in [-0.39, 0.29) is 0 Å². The van der Waals surface area contributed by atoms with E-state index in [1.807, 2.05) is 6.07 Å². The van der Waals surface area contributed by atoms with E-state index in [1.165, 1.54) is 32.1 Å². The molecule has 0 spiro atoms. The van der Waals surface area contributed by atoms with E-state index in [4.69, 9.17) is 19.2 Å². The van der Waals surface area contributed by atoms with Crippen molar-refractivity contribution in [3.63, 3.8) is 0 Å². The number of ether oxygens (including phenoxy) is 1. The van der Waals surface area contributed by atoms with Crippen molar-refractivity contribution in [3.8, 4) is 11.4 Å². The van der Waals surface area contributed by atoms with Gasteiger partial charge in [0.1, 0.15) is 6.26 Å². The van der Waals surface area contributed by atoms with Crippen LogP contribution in [0.25, 0.3) is 11.4 Å². The summed E-state index contributed by atoms with van der Waals surface area (Å²) in [5.41, 5.74) is 1.03. The number of rotatable bonds is 3. The van der Waals surface area contributed by atoms with Crippen molar-refractivity contribution in [1.82, 2.24) is 14.8 Å². The number of furan rings is 1. The Kier molecular flexibility index (Phi) is 3.51. The van der Waals surface area contributed by atoms with E-state index in [0.717, 1.165) is 36.8 Å². The normalized spacial score (nSPS) is 23.7. The highest BCUT2D eigenvalue weighted by molar-refractivity contribution is 5.53. The van der Waals surface area contributed by atoms with Gasteiger partial charge < -0.3 is 9.15 Å². The van der Waals surface area contributed by atoms with Crippen molar-refractivity contribution in [3.05, 3.63) is 24.4 Å². The topological polar surface area (TPSA) is 53.1 Å². The molecule has 1 saturated heterocycles. The van der Waals surface area contributed by atoms with E-state index in [9.17, 15) is 0 Å². The molecule has 2 aliphatic rings. The summed E-state index contributed by atoms with van der Waals surface area (Å²) >= 11 is 0. The number of hydrogen-bond donors (Lipinski definition) is 0. The molecule has 5 heteroatoms. The molecule has 21 heavy (non-hydrogen) atoms. The first-order chi connectivity index (χ1) is 10.4. The lowest BCUT2D eigenvalue weighted by Crippen LogP contribution is -2.15. The lowest BCUT2D eigenvalue weighted by molar-refractivity contribution is 0.193. The average molecular weight is 287 g/mol. The second-order valence-corrected chi connectivity index (χ2v) is 6.10. The summed E-state index contributed by atoms with van der Waals surface area (Å²) < 4.78 is 12.9. The van der Waals surface area contributed by atoms with Gasteiger partial charge in [-0.1, -0.05) is 19.3 Å². The van der Waals surface area contributed by atoms with E-state index >= 15 is 0 Å². The summed E-state index contributed by atoms with van der Waals surface area (Å²) in [7, 11) is 0. The maximum atomic E-state index is 5.49. The zero-order valence-corrected chi connectivity index (χ0v) is 12.2. The SMILES string of the molecule is c1cc(-c2nc(C3CCOC3)nn2C2CCCCC2)co1. The van der Waals surface area contributed by atoms with Crippen molar-refractivity contribution < 1.29 is 9.15 Å². The molecular formula is C16H21N3O2. The Balaban J connectivity index is 1.71. The Bertz CT molecular complexity index is 579. The Morgan fingerprint density at radius 2 is 2.05 bits per heavy atom. The molecule has 2 fully saturated rings. The summed E-state index contributed by atoms with van der Waals surface area (Å²) in [6.07, 6.45) is 10.8. The first kappa shape index (κ1) is 13.1. The van der Waals surface area contributed by atoms with Gasteiger partial charge in [-0.2, -0.15) is 5.10 Å². The fraction of sp³-hybridized carbons (Fsp3) is 0.625. The van der Waals surface area contributed by atoms with Gasteiger partial charge in [0.25, 0.3) is 0 Å². The summed E-state index contributed by atoms with van der Waals surface area (Å²) in [5, 5.41) is 4.86. The fourth-order valence-corrected chi connectivity index (χ4v) is 3.42. The number of aromatic nitrogens is 3. The Hall–Kier alpha value is -1.62. The van der Waals surface area contributed by atoms with Crippen LogP contribution in [0.1, 0.15) is 56.3 Å². The predicted molar refractivity (Wildman–Crippen MR) is 78.0 cm³/mol. The average Bonchev–Trinajstić information content (AvgIpc) is 3.27. The minimum absolute atomic E-state index is 0.348. The summed E-state index contributed by atoms with van der Waals surface area (Å²) in [6, 6.07) is 2.45. The van der Waals surface area contributed by atoms with Crippen molar-refractivity contribution in [1.29, 1.82) is 0 Å². The summed E-state index contributed by atoms with van der Waals surface area (Å²) in [6.45, 7) is 1.57. The third kappa shape index (κ3) is 2.50. The van der Waals surface area contributed by atoms with Gasteiger partial charge in [0.15, 0.2) is 11.6 Å². The van der Waals surface area contributed by atoms with Gasteiger partial charge in [-0.05, 0) is 25.3 Å². The predicted octanol–water partition coefficient (Wildman–Crippen LogP) is 3.55. The fourth-order valence-electron chi connectivity index (χ4n) is 3.42. The molecule has 2 aromatic rings. The van der Waals surface area contributed by atoms with Crippen molar-refractivity contribution >= 4 is 0 Å². The van der Waals surface area contributed by atoms with Crippen molar-refractivity contribution in [2.45, 2.75) is 50.5 Å². The van der Waals surface area contributed by atoms with Crippen LogP contribution in [0.2, 0.25) is 0 Å². The Morgan fingerprint density at radius 1 is 1.14 bits per heavy atom. The smallest absolute Gasteiger partial charge is 0.161 e. The lowest BCUT2D eigenvalue weighted by Gasteiger charge is -2.22. The van der Waals surface area contributed by atoms with Crippen molar-refractivity contribution in [2.24, 2.45) is 0 Å². The van der Waals surface area contributed by atoms with E-state index in [2.05, 4.69) is 4.68 Å². The van der Waals surface area contributed by atoms with Crippen LogP contribution in [-0.4, -0.2) is 28.0 Å². The van der Waals surface area contributed by atoms with Crippen LogP contribution in [0.5, 0.6) is 0 Å². The first-order valence-corrected chi connectivity index (χ1v) is 7.98. The lowest BCUT2D eigenvalue weighted by atomic mass is 9.95. The van der Waals surface area contributed by atoms with Crippen LogP contribution in [-0.2, 0) is 4.74 Å². The van der Waals surface area contributed by atoms with Gasteiger partial charge in [0.05, 0.1) is 24.5 Å². The van der Waals surface area contributed by atoms with Gasteiger partial charge >= 0.3 is 0 Å². The molecule has 1 saturated carbocycles. The monoisotopic (exact) mass is 287 g/mol. The molecule has 5 nitrogen and oxygen atoms in total. The van der Waals surface area contributed by atoms with Gasteiger partial charge in [-0.3, -0.25) is 0 Å². The highest BCUT2D eigenvalue weighted by Gasteiger charge is 2.27. The largest absolute Gasteiger partial charge is 0.472 e. The van der Waals surface area contributed by atoms with Crippen LogP contribution < -0.4 is 0 Å². The second kappa shape index (κ2) is 5.64. The van der Waals surface area contributed by atoms with E-state index in [1.54, 1.807) is 12.5 Å². The highest BCUT2D eigenvalue weighted by Crippen LogP contribution is 2.33. The maximum Gasteiger partial charge on any atom is 0.161 e. The van der Waals surface area contributed by atoms with Crippen LogP contribution in [0.15, 0.2) is 23.0 Å². The minimum atomic E-state index is 0.348. The van der Waals surface area contributed by atoms with Crippen LogP contribution in [0.3, 0.4) is 0 Å². The van der Waals surface area contributed by atoms with Crippen LogP contribution in [0.4, 0.5) is 0 Å². The molecule has 1 aliphatic heterocycles. The zero-order chi connectivity index (χ0) is 14.1. The Labute approximate surface area is 124 Å². The van der Waals surface area contributed by atoms with E-state index in [0.29, 0.717) is 12.0 Å². The van der Waals surface area contributed by atoms with Crippen LogP contribution >= 0.6 is 0 Å². The third-order valence-electron chi connectivity index (χ3n) is 4.64. The van der Waals surface area contributed by atoms with Gasteiger partial charge in [-0.25, -0.2) is 9.67 Å². The minimum Gasteiger partial charge on any atom is -0.472 e. The standard InChI is InChI=1S/C16H21N3O2/c1-2-4-14(5-3-1)19-16(13-7-9-21-11-13)17-15(18-19)12-6-8-20-10-12/h7,9,11-12,14H,1-6,8,10H2. The van der Waals surface area contributed by atoms with Gasteiger partial charge in [0.2, 0.25) is 0 Å². The molecule has 0 radical (unpaired) electrons. The summed E-state index contributed by atoms with van der Waals surface area (Å²) in [5.74, 6) is 2.24. The molecule has 0 N–H and O–H groups in total. The number of nitrogens with zero attached hydrogens (tertiary/aromatic N) is 3. The summed E-state index contributed by atoms with van der Waals surface area (Å²) in [4.78, 5) is 4.82. The van der Waals surface area contributed by atoms with Gasteiger partial charge in [-0.15, -0.1) is 0 Å². The molecule has 2 aromatic heterocycles. The molecule has 0 aromatic carbocycles. The molecule has 0 bridgehead atoms. The third-order valence-corrected chi connectivity index (χ3v) is 4.64. The number of hydrogen-bond acceptors (Lipinski definition) is 4. The zero-order valence-electron chi connectivity index (χ0n) is 12.2. The molecule has 4 rings (SSSR count). The maximum absolute atomic E-state index is 5.49. The molecule has 1 unspecified atom stereocenters. The quantitative estimate of drug-likeness (QED) is 0.866. The molecular weight excluding hydrogens is 266 g/mol. The molecule has 3 heterocycles. The van der Waals surface area contributed by atoms with Crippen LogP contribution in [0, 0.1) is 0 Å². The first-order valence-electron chi connectivity index (χ1n) is 7.98. The van der Waals surface area contributed by atoms with Gasteiger partial charge in [0, 0.05) is 12.5 Å². The highest BCUT2D eigenvalue weighted by atomic mass is 16.5.